The van der Waals surface area contributed by atoms with Gasteiger partial charge in [0, 0.05) is 22.2 Å². The number of nitriles is 1. The normalized spacial score (nSPS) is 12.0. The first-order valence-electron chi connectivity index (χ1n) is 7.81. The molecule has 0 bridgehead atoms. The Balaban J connectivity index is 1.89. The fourth-order valence-corrected chi connectivity index (χ4v) is 3.03. The van der Waals surface area contributed by atoms with E-state index in [0.717, 1.165) is 38.8 Å². The summed E-state index contributed by atoms with van der Waals surface area (Å²) >= 11 is 0. The van der Waals surface area contributed by atoms with Crippen molar-refractivity contribution in [3.8, 4) is 6.07 Å². The Morgan fingerprint density at radius 3 is 2.75 bits per heavy atom. The van der Waals surface area contributed by atoms with Gasteiger partial charge in [-0.15, -0.1) is 0 Å². The van der Waals surface area contributed by atoms with Gasteiger partial charge in [-0.3, -0.25) is 0 Å². The van der Waals surface area contributed by atoms with Gasteiger partial charge in [0.15, 0.2) is 0 Å². The van der Waals surface area contributed by atoms with Crippen LogP contribution in [0, 0.1) is 25.2 Å². The Morgan fingerprint density at radius 1 is 1.08 bits per heavy atom. The Kier molecular flexibility index (Phi) is 3.21. The highest BCUT2D eigenvalue weighted by Gasteiger charge is 2.11. The largest absolute Gasteiger partial charge is 0.358 e. The summed E-state index contributed by atoms with van der Waals surface area (Å²) in [4.78, 5) is 11.2. The average molecular weight is 312 g/mol. The predicted molar refractivity (Wildman–Crippen MR) is 97.4 cm³/mol. The van der Waals surface area contributed by atoms with Crippen molar-refractivity contribution < 1.29 is 0 Å². The molecule has 4 nitrogen and oxygen atoms in total. The van der Waals surface area contributed by atoms with Crippen LogP contribution in [0.15, 0.2) is 42.5 Å². The fourth-order valence-electron chi connectivity index (χ4n) is 3.03. The van der Waals surface area contributed by atoms with Crippen LogP contribution < -0.4 is 0 Å². The number of aromatic amines is 2. The molecule has 2 heterocycles. The summed E-state index contributed by atoms with van der Waals surface area (Å²) in [5.74, 6) is 0.600. The minimum Gasteiger partial charge on any atom is -0.358 e. The van der Waals surface area contributed by atoms with Crippen molar-refractivity contribution in [1.29, 1.82) is 5.26 Å². The number of fused-ring (bicyclic) bond motifs is 2. The molecule has 0 amide bonds. The molecule has 4 aromatic rings. The lowest BCUT2D eigenvalue weighted by Gasteiger charge is -1.96. The third-order valence-electron chi connectivity index (χ3n) is 4.25. The molecule has 2 N–H and O–H groups in total. The Labute approximate surface area is 139 Å². The summed E-state index contributed by atoms with van der Waals surface area (Å²) in [6.45, 7) is 4.05. The molecule has 4 rings (SSSR count). The van der Waals surface area contributed by atoms with E-state index < -0.39 is 0 Å². The van der Waals surface area contributed by atoms with Crippen molar-refractivity contribution in [1.82, 2.24) is 15.0 Å². The van der Waals surface area contributed by atoms with Crippen LogP contribution in [0.25, 0.3) is 33.6 Å². The van der Waals surface area contributed by atoms with Crippen molar-refractivity contribution in [3.63, 3.8) is 0 Å². The monoisotopic (exact) mass is 312 g/mol. The maximum atomic E-state index is 9.63. The molecule has 0 fully saturated rings. The molecule has 116 valence electrons. The number of nitrogens with zero attached hydrogens (tertiary/aromatic N) is 2. The van der Waals surface area contributed by atoms with E-state index in [1.165, 1.54) is 0 Å². The summed E-state index contributed by atoms with van der Waals surface area (Å²) < 4.78 is 0. The van der Waals surface area contributed by atoms with Crippen molar-refractivity contribution in [2.45, 2.75) is 13.8 Å². The molecule has 4 heteroatoms. The molecule has 0 saturated carbocycles. The van der Waals surface area contributed by atoms with E-state index >= 15 is 0 Å². The minimum atomic E-state index is 0.525. The fraction of sp³-hybridized carbons (Fsp3) is 0.100. The molecule has 0 aliphatic rings. The van der Waals surface area contributed by atoms with Crippen LogP contribution in [0.1, 0.15) is 22.6 Å². The smallest absolute Gasteiger partial charge is 0.149 e. The van der Waals surface area contributed by atoms with Crippen LogP contribution >= 0.6 is 0 Å². The number of aryl methyl sites for hydroxylation is 2. The van der Waals surface area contributed by atoms with Crippen molar-refractivity contribution in [2.75, 3.05) is 0 Å². The maximum absolute atomic E-state index is 9.63. The van der Waals surface area contributed by atoms with Gasteiger partial charge in [-0.2, -0.15) is 5.26 Å². The van der Waals surface area contributed by atoms with Crippen LogP contribution in [0.2, 0.25) is 0 Å². The number of hydrogen-bond acceptors (Lipinski definition) is 2. The van der Waals surface area contributed by atoms with E-state index in [1.54, 1.807) is 0 Å². The number of hydrogen-bond donors (Lipinski definition) is 2. The van der Waals surface area contributed by atoms with E-state index in [1.807, 2.05) is 56.3 Å². The Hall–Kier alpha value is -3.32. The lowest BCUT2D eigenvalue weighted by atomic mass is 10.1. The van der Waals surface area contributed by atoms with Gasteiger partial charge in [-0.1, -0.05) is 24.3 Å². The van der Waals surface area contributed by atoms with Crippen molar-refractivity contribution in [2.24, 2.45) is 0 Å². The lowest BCUT2D eigenvalue weighted by molar-refractivity contribution is 1.27. The highest BCUT2D eigenvalue weighted by Crippen LogP contribution is 2.27. The first kappa shape index (κ1) is 14.3. The van der Waals surface area contributed by atoms with Crippen LogP contribution in [-0.4, -0.2) is 15.0 Å². The minimum absolute atomic E-state index is 0.525. The van der Waals surface area contributed by atoms with Gasteiger partial charge in [0.05, 0.1) is 16.6 Å². The van der Waals surface area contributed by atoms with Crippen molar-refractivity contribution in [3.05, 3.63) is 65.1 Å². The topological polar surface area (TPSA) is 68.3 Å². The van der Waals surface area contributed by atoms with Crippen LogP contribution in [0.3, 0.4) is 0 Å². The van der Waals surface area contributed by atoms with E-state index in [4.69, 9.17) is 0 Å². The molecule has 24 heavy (non-hydrogen) atoms. The number of rotatable bonds is 2. The SMILES string of the molecule is Cc1ccc2nc(/C(C#N)=C/c3c(C)[nH]c4ccccc34)[nH]c2c1. The number of nitrogens with one attached hydrogen (secondary N) is 2. The van der Waals surface area contributed by atoms with Gasteiger partial charge in [0.1, 0.15) is 11.9 Å². The second-order valence-corrected chi connectivity index (χ2v) is 5.99. The molecule has 2 aromatic carbocycles. The Morgan fingerprint density at radius 2 is 1.92 bits per heavy atom. The van der Waals surface area contributed by atoms with E-state index in [-0.39, 0.29) is 0 Å². The first-order valence-corrected chi connectivity index (χ1v) is 7.81. The average Bonchev–Trinajstić information content (AvgIpc) is 3.12. The van der Waals surface area contributed by atoms with Crippen LogP contribution in [0.5, 0.6) is 0 Å². The molecule has 0 unspecified atom stereocenters. The third-order valence-corrected chi connectivity index (χ3v) is 4.25. The zero-order valence-corrected chi connectivity index (χ0v) is 13.5. The second-order valence-electron chi connectivity index (χ2n) is 5.99. The van der Waals surface area contributed by atoms with Gasteiger partial charge >= 0.3 is 0 Å². The lowest BCUT2D eigenvalue weighted by Crippen LogP contribution is -1.85. The van der Waals surface area contributed by atoms with Gasteiger partial charge in [-0.25, -0.2) is 4.98 Å². The number of imidazole rings is 1. The molecule has 0 atom stereocenters. The molecule has 0 spiro atoms. The zero-order valence-electron chi connectivity index (χ0n) is 13.5. The molecular weight excluding hydrogens is 296 g/mol. The maximum Gasteiger partial charge on any atom is 0.149 e. The number of para-hydroxylation sites is 1. The Bertz CT molecular complexity index is 1140. The molecule has 0 saturated heterocycles. The zero-order chi connectivity index (χ0) is 16.7. The summed E-state index contributed by atoms with van der Waals surface area (Å²) in [6, 6.07) is 16.4. The van der Waals surface area contributed by atoms with E-state index in [0.29, 0.717) is 11.4 Å². The predicted octanol–water partition coefficient (Wildman–Crippen LogP) is 4.73. The first-order chi connectivity index (χ1) is 11.7. The number of H-pyrrole nitrogens is 2. The number of aromatic nitrogens is 3. The van der Waals surface area contributed by atoms with Crippen LogP contribution in [0.4, 0.5) is 0 Å². The second kappa shape index (κ2) is 5.39. The highest BCUT2D eigenvalue weighted by atomic mass is 14.9. The third kappa shape index (κ3) is 2.27. The van der Waals surface area contributed by atoms with Gasteiger partial charge in [0.25, 0.3) is 0 Å². The van der Waals surface area contributed by atoms with E-state index in [9.17, 15) is 5.26 Å². The summed E-state index contributed by atoms with van der Waals surface area (Å²) in [7, 11) is 0. The number of benzene rings is 2. The molecule has 2 aromatic heterocycles. The summed E-state index contributed by atoms with van der Waals surface area (Å²) in [6.07, 6.45) is 1.90. The summed E-state index contributed by atoms with van der Waals surface area (Å²) in [5, 5.41) is 10.7. The van der Waals surface area contributed by atoms with Crippen LogP contribution in [-0.2, 0) is 0 Å². The van der Waals surface area contributed by atoms with E-state index in [2.05, 4.69) is 27.1 Å². The molecule has 0 aliphatic carbocycles. The molecule has 0 aliphatic heterocycles. The highest BCUT2D eigenvalue weighted by molar-refractivity contribution is 5.98. The molecular formula is C20H16N4. The van der Waals surface area contributed by atoms with Gasteiger partial charge in [0.2, 0.25) is 0 Å². The standard InChI is InChI=1S/C20H16N4/c1-12-7-8-18-19(9-12)24-20(23-18)14(11-21)10-16-13(2)22-17-6-4-3-5-15(16)17/h3-10,22H,1-2H3,(H,23,24)/b14-10+. The number of allylic oxidation sites excluding steroid dienone is 1. The van der Waals surface area contributed by atoms with Crippen molar-refractivity contribution >= 4 is 33.6 Å². The van der Waals surface area contributed by atoms with Gasteiger partial charge in [-0.05, 0) is 43.7 Å². The summed E-state index contributed by atoms with van der Waals surface area (Å²) in [5.41, 5.74) is 6.63. The quantitative estimate of drug-likeness (QED) is 0.526. The molecule has 0 radical (unpaired) electrons. The van der Waals surface area contributed by atoms with Gasteiger partial charge < -0.3 is 9.97 Å².